The lowest BCUT2D eigenvalue weighted by Crippen LogP contribution is -2.28. The average Bonchev–Trinajstić information content (AvgIpc) is 2.42. The van der Waals surface area contributed by atoms with Gasteiger partial charge in [-0.3, -0.25) is 0 Å². The molecule has 1 rings (SSSR count). The van der Waals surface area contributed by atoms with Crippen molar-refractivity contribution >= 4 is 11.6 Å². The van der Waals surface area contributed by atoms with Gasteiger partial charge in [0, 0.05) is 32.6 Å². The normalized spacial score (nSPS) is 10.8. The first-order valence-electron chi connectivity index (χ1n) is 7.06. The highest BCUT2D eigenvalue weighted by atomic mass is 15.2. The predicted octanol–water partition coefficient (Wildman–Crippen LogP) is 1.86. The van der Waals surface area contributed by atoms with E-state index in [0.29, 0.717) is 0 Å². The molecule has 0 aliphatic heterocycles. The lowest BCUT2D eigenvalue weighted by molar-refractivity contribution is 0.400. The van der Waals surface area contributed by atoms with Crippen molar-refractivity contribution in [3.63, 3.8) is 0 Å². The monoisotopic (exact) mass is 265 g/mol. The Labute approximate surface area is 117 Å². The Morgan fingerprint density at radius 2 is 1.89 bits per heavy atom. The van der Waals surface area contributed by atoms with Crippen LogP contribution in [0.5, 0.6) is 0 Å². The highest BCUT2D eigenvalue weighted by Crippen LogP contribution is 2.16. The van der Waals surface area contributed by atoms with Gasteiger partial charge >= 0.3 is 0 Å². The molecule has 108 valence electrons. The molecule has 5 heteroatoms. The molecule has 0 radical (unpaired) electrons. The molecule has 0 fully saturated rings. The van der Waals surface area contributed by atoms with Crippen molar-refractivity contribution in [1.29, 1.82) is 0 Å². The quantitative estimate of drug-likeness (QED) is 0.777. The first kappa shape index (κ1) is 15.7. The van der Waals surface area contributed by atoms with E-state index in [9.17, 15) is 0 Å². The van der Waals surface area contributed by atoms with E-state index >= 15 is 0 Å². The lowest BCUT2D eigenvalue weighted by Gasteiger charge is -2.23. The average molecular weight is 265 g/mol. The minimum absolute atomic E-state index is 0.859. The van der Waals surface area contributed by atoms with Crippen LogP contribution in [0.1, 0.15) is 26.1 Å². The number of hydrogen-bond donors (Lipinski definition) is 1. The SMILES string of the molecule is CCc1nc(NC)cc(N(CC)CCCN(C)C)n1. The van der Waals surface area contributed by atoms with Gasteiger partial charge in [-0.25, -0.2) is 9.97 Å². The highest BCUT2D eigenvalue weighted by molar-refractivity contribution is 5.49. The van der Waals surface area contributed by atoms with Crippen molar-refractivity contribution in [2.24, 2.45) is 0 Å². The summed E-state index contributed by atoms with van der Waals surface area (Å²) in [6.45, 7) is 7.35. The van der Waals surface area contributed by atoms with Gasteiger partial charge in [0.1, 0.15) is 17.5 Å². The number of hydrogen-bond acceptors (Lipinski definition) is 5. The number of aromatic nitrogens is 2. The van der Waals surface area contributed by atoms with Gasteiger partial charge in [0.15, 0.2) is 0 Å². The zero-order chi connectivity index (χ0) is 14.3. The Balaban J connectivity index is 2.78. The van der Waals surface area contributed by atoms with Crippen molar-refractivity contribution in [3.8, 4) is 0 Å². The molecule has 1 aromatic rings. The minimum Gasteiger partial charge on any atom is -0.373 e. The fourth-order valence-electron chi connectivity index (χ4n) is 1.94. The first-order chi connectivity index (χ1) is 9.10. The van der Waals surface area contributed by atoms with Gasteiger partial charge < -0.3 is 15.1 Å². The van der Waals surface area contributed by atoms with E-state index < -0.39 is 0 Å². The van der Waals surface area contributed by atoms with E-state index in [1.54, 1.807) is 0 Å². The molecule has 0 saturated carbocycles. The summed E-state index contributed by atoms with van der Waals surface area (Å²) in [6, 6.07) is 2.03. The molecule has 0 saturated heterocycles. The second-order valence-corrected chi connectivity index (χ2v) is 4.87. The van der Waals surface area contributed by atoms with Crippen LogP contribution < -0.4 is 10.2 Å². The fourth-order valence-corrected chi connectivity index (χ4v) is 1.94. The number of aryl methyl sites for hydroxylation is 1. The van der Waals surface area contributed by atoms with E-state index in [1.165, 1.54) is 0 Å². The molecule has 0 aromatic carbocycles. The number of rotatable bonds is 8. The smallest absolute Gasteiger partial charge is 0.134 e. The standard InChI is InChI=1S/C14H27N5/c1-6-12-16-13(15-3)11-14(17-12)19(7-2)10-8-9-18(4)5/h11H,6-10H2,1-5H3,(H,15,16,17). The molecule has 19 heavy (non-hydrogen) atoms. The van der Waals surface area contributed by atoms with Gasteiger partial charge in [0.25, 0.3) is 0 Å². The van der Waals surface area contributed by atoms with E-state index in [1.807, 2.05) is 13.1 Å². The van der Waals surface area contributed by atoms with Gasteiger partial charge in [0.05, 0.1) is 0 Å². The largest absolute Gasteiger partial charge is 0.373 e. The summed E-state index contributed by atoms with van der Waals surface area (Å²) in [5, 5.41) is 3.11. The van der Waals surface area contributed by atoms with Crippen LogP contribution in [0.15, 0.2) is 6.07 Å². The molecule has 0 amide bonds. The summed E-state index contributed by atoms with van der Waals surface area (Å²) in [5.74, 6) is 2.82. The molecule has 0 bridgehead atoms. The molecule has 0 spiro atoms. The number of anilines is 2. The van der Waals surface area contributed by atoms with Crippen LogP contribution in [0.2, 0.25) is 0 Å². The Morgan fingerprint density at radius 1 is 1.16 bits per heavy atom. The van der Waals surface area contributed by atoms with Crippen LogP contribution in [0.4, 0.5) is 11.6 Å². The number of nitrogens with one attached hydrogen (secondary N) is 1. The summed E-state index contributed by atoms with van der Waals surface area (Å²) < 4.78 is 0. The molecule has 1 N–H and O–H groups in total. The second-order valence-electron chi connectivity index (χ2n) is 4.87. The van der Waals surface area contributed by atoms with Gasteiger partial charge in [-0.1, -0.05) is 6.92 Å². The molecule has 1 heterocycles. The van der Waals surface area contributed by atoms with Crippen LogP contribution in [-0.4, -0.2) is 55.6 Å². The Kier molecular flexibility index (Phi) is 6.56. The molecular formula is C14H27N5. The van der Waals surface area contributed by atoms with Crippen LogP contribution in [0.25, 0.3) is 0 Å². The van der Waals surface area contributed by atoms with E-state index in [0.717, 1.165) is 49.9 Å². The molecule has 0 aliphatic rings. The topological polar surface area (TPSA) is 44.3 Å². The van der Waals surface area contributed by atoms with Crippen molar-refractivity contribution in [1.82, 2.24) is 14.9 Å². The van der Waals surface area contributed by atoms with Crippen molar-refractivity contribution < 1.29 is 0 Å². The fraction of sp³-hybridized carbons (Fsp3) is 0.714. The van der Waals surface area contributed by atoms with Crippen molar-refractivity contribution in [3.05, 3.63) is 11.9 Å². The molecule has 1 aromatic heterocycles. The molecule has 5 nitrogen and oxygen atoms in total. The lowest BCUT2D eigenvalue weighted by atomic mass is 10.3. The Bertz CT molecular complexity index is 356. The Hall–Kier alpha value is -1.36. The minimum atomic E-state index is 0.859. The van der Waals surface area contributed by atoms with Gasteiger partial charge in [-0.15, -0.1) is 0 Å². The summed E-state index contributed by atoms with van der Waals surface area (Å²) in [6.07, 6.45) is 2.00. The third-order valence-electron chi connectivity index (χ3n) is 3.07. The summed E-state index contributed by atoms with van der Waals surface area (Å²) in [7, 11) is 6.11. The summed E-state index contributed by atoms with van der Waals surface area (Å²) in [5.41, 5.74) is 0. The van der Waals surface area contributed by atoms with Crippen molar-refractivity contribution in [2.75, 3.05) is 51.0 Å². The predicted molar refractivity (Wildman–Crippen MR) is 82.0 cm³/mol. The van der Waals surface area contributed by atoms with E-state index in [-0.39, 0.29) is 0 Å². The van der Waals surface area contributed by atoms with E-state index in [4.69, 9.17) is 0 Å². The molecular weight excluding hydrogens is 238 g/mol. The summed E-state index contributed by atoms with van der Waals surface area (Å²) in [4.78, 5) is 13.6. The van der Waals surface area contributed by atoms with Crippen molar-refractivity contribution in [2.45, 2.75) is 26.7 Å². The second kappa shape index (κ2) is 7.94. The van der Waals surface area contributed by atoms with Crippen LogP contribution >= 0.6 is 0 Å². The van der Waals surface area contributed by atoms with E-state index in [2.05, 4.69) is 53.0 Å². The maximum atomic E-state index is 4.63. The molecule has 0 unspecified atom stereocenters. The third-order valence-corrected chi connectivity index (χ3v) is 3.07. The highest BCUT2D eigenvalue weighted by Gasteiger charge is 2.09. The zero-order valence-corrected chi connectivity index (χ0v) is 12.9. The van der Waals surface area contributed by atoms with Gasteiger partial charge in [-0.2, -0.15) is 0 Å². The zero-order valence-electron chi connectivity index (χ0n) is 12.9. The molecule has 0 atom stereocenters. The first-order valence-corrected chi connectivity index (χ1v) is 7.06. The molecule has 0 aliphatic carbocycles. The van der Waals surface area contributed by atoms with Crippen LogP contribution in [-0.2, 0) is 6.42 Å². The number of nitrogens with zero attached hydrogens (tertiary/aromatic N) is 4. The van der Waals surface area contributed by atoms with Crippen LogP contribution in [0.3, 0.4) is 0 Å². The van der Waals surface area contributed by atoms with Crippen LogP contribution in [0, 0.1) is 0 Å². The third kappa shape index (κ3) is 5.03. The summed E-state index contributed by atoms with van der Waals surface area (Å²) >= 11 is 0. The maximum absolute atomic E-state index is 4.63. The maximum Gasteiger partial charge on any atom is 0.134 e. The van der Waals surface area contributed by atoms with Gasteiger partial charge in [-0.05, 0) is 34.0 Å². The van der Waals surface area contributed by atoms with Gasteiger partial charge in [0.2, 0.25) is 0 Å². The Morgan fingerprint density at radius 3 is 2.42 bits per heavy atom.